The SMILES string of the molecule is COc1cccc(-c2cc(C(=O)NCC(O)CO)[nH]n2)c1. The predicted molar refractivity (Wildman–Crippen MR) is 76.0 cm³/mol. The molecule has 0 aliphatic heterocycles. The van der Waals surface area contributed by atoms with Gasteiger partial charge in [-0.1, -0.05) is 12.1 Å². The highest BCUT2D eigenvalue weighted by molar-refractivity contribution is 5.93. The van der Waals surface area contributed by atoms with Crippen LogP contribution in [-0.4, -0.2) is 52.7 Å². The number of nitrogens with one attached hydrogen (secondary N) is 2. The van der Waals surface area contributed by atoms with E-state index in [0.29, 0.717) is 11.4 Å². The fraction of sp³-hybridized carbons (Fsp3) is 0.286. The highest BCUT2D eigenvalue weighted by Gasteiger charge is 2.12. The number of amides is 1. The monoisotopic (exact) mass is 291 g/mol. The summed E-state index contributed by atoms with van der Waals surface area (Å²) in [6.07, 6.45) is -0.977. The van der Waals surface area contributed by atoms with Gasteiger partial charge in [-0.25, -0.2) is 0 Å². The maximum atomic E-state index is 11.8. The Hall–Kier alpha value is -2.38. The first-order valence-electron chi connectivity index (χ1n) is 6.41. The molecule has 0 radical (unpaired) electrons. The molecule has 0 fully saturated rings. The van der Waals surface area contributed by atoms with Crippen LogP contribution in [0.5, 0.6) is 5.75 Å². The first-order chi connectivity index (χ1) is 10.1. The second-order valence-electron chi connectivity index (χ2n) is 4.45. The summed E-state index contributed by atoms with van der Waals surface area (Å²) in [6, 6.07) is 8.93. The molecule has 0 spiro atoms. The van der Waals surface area contributed by atoms with E-state index in [9.17, 15) is 9.90 Å². The number of nitrogens with zero attached hydrogens (tertiary/aromatic N) is 1. The minimum atomic E-state index is -0.977. The maximum absolute atomic E-state index is 11.8. The Bertz CT molecular complexity index is 612. The van der Waals surface area contributed by atoms with Crippen LogP contribution in [0.3, 0.4) is 0 Å². The molecule has 112 valence electrons. The molecule has 1 amide bonds. The second kappa shape index (κ2) is 6.87. The zero-order valence-corrected chi connectivity index (χ0v) is 11.5. The fourth-order valence-electron chi connectivity index (χ4n) is 1.74. The Morgan fingerprint density at radius 3 is 3.00 bits per heavy atom. The van der Waals surface area contributed by atoms with E-state index in [-0.39, 0.29) is 12.2 Å². The van der Waals surface area contributed by atoms with Crippen LogP contribution in [0.25, 0.3) is 11.3 Å². The van der Waals surface area contributed by atoms with Gasteiger partial charge in [-0.3, -0.25) is 9.89 Å². The van der Waals surface area contributed by atoms with Gasteiger partial charge in [0, 0.05) is 12.1 Å². The third-order valence-corrected chi connectivity index (χ3v) is 2.90. The lowest BCUT2D eigenvalue weighted by Gasteiger charge is -2.07. The van der Waals surface area contributed by atoms with Crippen molar-refractivity contribution in [1.29, 1.82) is 0 Å². The molecule has 0 aliphatic rings. The summed E-state index contributed by atoms with van der Waals surface area (Å²) < 4.78 is 5.14. The van der Waals surface area contributed by atoms with Crippen LogP contribution in [0.1, 0.15) is 10.5 Å². The van der Waals surface area contributed by atoms with E-state index >= 15 is 0 Å². The summed E-state index contributed by atoms with van der Waals surface area (Å²) in [5, 5.41) is 27.1. The van der Waals surface area contributed by atoms with Gasteiger partial charge in [-0.05, 0) is 18.2 Å². The maximum Gasteiger partial charge on any atom is 0.269 e. The Morgan fingerprint density at radius 1 is 1.48 bits per heavy atom. The van der Waals surface area contributed by atoms with E-state index in [2.05, 4.69) is 15.5 Å². The average molecular weight is 291 g/mol. The summed E-state index contributed by atoms with van der Waals surface area (Å²) in [5.41, 5.74) is 1.71. The van der Waals surface area contributed by atoms with Gasteiger partial charge in [-0.2, -0.15) is 5.10 Å². The van der Waals surface area contributed by atoms with Gasteiger partial charge < -0.3 is 20.3 Å². The number of methoxy groups -OCH3 is 1. The molecule has 2 rings (SSSR count). The number of aliphatic hydroxyl groups excluding tert-OH is 2. The molecule has 1 aromatic heterocycles. The van der Waals surface area contributed by atoms with E-state index in [1.807, 2.05) is 24.3 Å². The molecule has 2 aromatic rings. The van der Waals surface area contributed by atoms with Crippen molar-refractivity contribution in [1.82, 2.24) is 15.5 Å². The number of H-pyrrole nitrogens is 1. The van der Waals surface area contributed by atoms with Crippen molar-refractivity contribution in [3.8, 4) is 17.0 Å². The average Bonchev–Trinajstić information content (AvgIpc) is 3.02. The molecule has 1 unspecified atom stereocenters. The molecule has 0 saturated heterocycles. The van der Waals surface area contributed by atoms with Crippen LogP contribution >= 0.6 is 0 Å². The highest BCUT2D eigenvalue weighted by Crippen LogP contribution is 2.22. The molecular weight excluding hydrogens is 274 g/mol. The molecule has 0 bridgehead atoms. The first-order valence-corrected chi connectivity index (χ1v) is 6.41. The van der Waals surface area contributed by atoms with Crippen molar-refractivity contribution < 1.29 is 19.7 Å². The summed E-state index contributed by atoms with van der Waals surface area (Å²) in [7, 11) is 1.58. The van der Waals surface area contributed by atoms with Crippen LogP contribution in [-0.2, 0) is 0 Å². The van der Waals surface area contributed by atoms with E-state index in [1.54, 1.807) is 13.2 Å². The number of rotatable bonds is 6. The van der Waals surface area contributed by atoms with Gasteiger partial charge in [0.2, 0.25) is 0 Å². The van der Waals surface area contributed by atoms with Gasteiger partial charge in [0.05, 0.1) is 25.5 Å². The van der Waals surface area contributed by atoms with Gasteiger partial charge >= 0.3 is 0 Å². The van der Waals surface area contributed by atoms with Crippen molar-refractivity contribution in [2.45, 2.75) is 6.10 Å². The number of hydrogen-bond donors (Lipinski definition) is 4. The summed E-state index contributed by atoms with van der Waals surface area (Å²) in [4.78, 5) is 11.8. The van der Waals surface area contributed by atoms with Gasteiger partial charge in [0.25, 0.3) is 5.91 Å². The standard InChI is InChI=1S/C14H17N3O4/c1-21-11-4-2-3-9(5-11)12-6-13(17-16-12)14(20)15-7-10(19)8-18/h2-6,10,18-19H,7-8H2,1H3,(H,15,20)(H,16,17). The van der Waals surface area contributed by atoms with E-state index in [4.69, 9.17) is 9.84 Å². The summed E-state index contributed by atoms with van der Waals surface area (Å²) >= 11 is 0. The van der Waals surface area contributed by atoms with Gasteiger partial charge in [0.15, 0.2) is 0 Å². The largest absolute Gasteiger partial charge is 0.497 e. The number of hydrogen-bond acceptors (Lipinski definition) is 5. The van der Waals surface area contributed by atoms with Crippen molar-refractivity contribution in [3.63, 3.8) is 0 Å². The number of ether oxygens (including phenoxy) is 1. The van der Waals surface area contributed by atoms with Crippen molar-refractivity contribution in [2.24, 2.45) is 0 Å². The zero-order valence-electron chi connectivity index (χ0n) is 11.5. The highest BCUT2D eigenvalue weighted by atomic mass is 16.5. The third kappa shape index (κ3) is 3.80. The Balaban J connectivity index is 2.08. The Kier molecular flexibility index (Phi) is 4.91. The fourth-order valence-corrected chi connectivity index (χ4v) is 1.74. The molecule has 0 aliphatic carbocycles. The summed E-state index contributed by atoms with van der Waals surface area (Å²) in [5.74, 6) is 0.303. The van der Waals surface area contributed by atoms with Crippen LogP contribution in [0, 0.1) is 0 Å². The lowest BCUT2D eigenvalue weighted by Crippen LogP contribution is -2.34. The number of aliphatic hydroxyl groups is 2. The van der Waals surface area contributed by atoms with Crippen molar-refractivity contribution in [2.75, 3.05) is 20.3 Å². The lowest BCUT2D eigenvalue weighted by atomic mass is 10.1. The van der Waals surface area contributed by atoms with Crippen LogP contribution in [0.2, 0.25) is 0 Å². The number of aromatic nitrogens is 2. The molecule has 0 saturated carbocycles. The smallest absolute Gasteiger partial charge is 0.269 e. The molecular formula is C14H17N3O4. The van der Waals surface area contributed by atoms with Crippen molar-refractivity contribution in [3.05, 3.63) is 36.0 Å². The van der Waals surface area contributed by atoms with E-state index < -0.39 is 18.6 Å². The first kappa shape index (κ1) is 15.0. The molecule has 7 nitrogen and oxygen atoms in total. The van der Waals surface area contributed by atoms with Crippen molar-refractivity contribution >= 4 is 5.91 Å². The third-order valence-electron chi connectivity index (χ3n) is 2.90. The molecule has 1 atom stereocenters. The van der Waals surface area contributed by atoms with Crippen LogP contribution in [0.4, 0.5) is 0 Å². The van der Waals surface area contributed by atoms with E-state index in [0.717, 1.165) is 5.56 Å². The topological polar surface area (TPSA) is 107 Å². The zero-order chi connectivity index (χ0) is 15.2. The van der Waals surface area contributed by atoms with Gasteiger partial charge in [0.1, 0.15) is 11.4 Å². The lowest BCUT2D eigenvalue weighted by molar-refractivity contribution is 0.0799. The Morgan fingerprint density at radius 2 is 2.29 bits per heavy atom. The van der Waals surface area contributed by atoms with Gasteiger partial charge in [-0.15, -0.1) is 0 Å². The molecule has 1 heterocycles. The number of aromatic amines is 1. The minimum Gasteiger partial charge on any atom is -0.497 e. The quantitative estimate of drug-likeness (QED) is 0.607. The second-order valence-corrected chi connectivity index (χ2v) is 4.45. The Labute approximate surface area is 121 Å². The minimum absolute atomic E-state index is 0.0250. The van der Waals surface area contributed by atoms with Crippen LogP contribution < -0.4 is 10.1 Å². The molecule has 1 aromatic carbocycles. The molecule has 21 heavy (non-hydrogen) atoms. The number of benzene rings is 1. The predicted octanol–water partition coefficient (Wildman–Crippen LogP) is 0.168. The molecule has 4 N–H and O–H groups in total. The summed E-state index contributed by atoms with van der Waals surface area (Å²) in [6.45, 7) is -0.429. The number of carbonyl (C=O) groups is 1. The normalized spacial score (nSPS) is 12.0. The number of carbonyl (C=O) groups excluding carboxylic acids is 1. The van der Waals surface area contributed by atoms with Crippen LogP contribution in [0.15, 0.2) is 30.3 Å². The van der Waals surface area contributed by atoms with E-state index in [1.165, 1.54) is 0 Å². The molecule has 7 heteroatoms.